The molecule has 1 atom stereocenters. The van der Waals surface area contributed by atoms with Gasteiger partial charge in [-0.15, -0.1) is 0 Å². The van der Waals surface area contributed by atoms with Crippen molar-refractivity contribution in [3.8, 4) is 28.6 Å². The van der Waals surface area contributed by atoms with E-state index in [-0.39, 0.29) is 12.2 Å². The van der Waals surface area contributed by atoms with Gasteiger partial charge in [0.2, 0.25) is 6.10 Å². The molecule has 0 saturated carbocycles. The number of hydrogen-bond donors (Lipinski definition) is 0. The number of halogens is 1. The fourth-order valence-electron chi connectivity index (χ4n) is 4.31. The van der Waals surface area contributed by atoms with E-state index in [0.717, 1.165) is 22.5 Å². The van der Waals surface area contributed by atoms with E-state index in [1.165, 1.54) is 19.2 Å². The van der Waals surface area contributed by atoms with E-state index in [1.807, 2.05) is 41.0 Å². The molecule has 40 heavy (non-hydrogen) atoms. The van der Waals surface area contributed by atoms with Crippen LogP contribution in [0.15, 0.2) is 110 Å². The Hall–Kier alpha value is -5.42. The van der Waals surface area contributed by atoms with Crippen LogP contribution < -0.4 is 0 Å². The fraction of sp³-hybridized carbons (Fsp3) is 0.0938. The van der Waals surface area contributed by atoms with E-state index < -0.39 is 18.0 Å². The van der Waals surface area contributed by atoms with Gasteiger partial charge in [0.15, 0.2) is 0 Å². The van der Waals surface area contributed by atoms with Gasteiger partial charge in [-0.2, -0.15) is 5.26 Å². The molecule has 0 aliphatic carbocycles. The van der Waals surface area contributed by atoms with Gasteiger partial charge in [0.25, 0.3) is 0 Å². The molecule has 2 heterocycles. The summed E-state index contributed by atoms with van der Waals surface area (Å²) in [6.07, 6.45) is 5.73. The van der Waals surface area contributed by atoms with Crippen molar-refractivity contribution in [3.63, 3.8) is 0 Å². The number of carbonyl (C=O) groups is 2. The highest BCUT2D eigenvalue weighted by atomic mass is 19.1. The van der Waals surface area contributed by atoms with Gasteiger partial charge < -0.3 is 18.6 Å². The van der Waals surface area contributed by atoms with E-state index >= 15 is 0 Å². The highest BCUT2D eigenvalue weighted by Crippen LogP contribution is 2.25. The van der Waals surface area contributed by atoms with Crippen molar-refractivity contribution in [2.24, 2.45) is 0 Å². The quantitative estimate of drug-likeness (QED) is 0.230. The van der Waals surface area contributed by atoms with Crippen molar-refractivity contribution in [3.05, 3.63) is 132 Å². The maximum absolute atomic E-state index is 13.2. The third-order valence-electron chi connectivity index (χ3n) is 6.42. The van der Waals surface area contributed by atoms with Gasteiger partial charge in [-0.25, -0.2) is 9.18 Å². The zero-order valence-corrected chi connectivity index (χ0v) is 21.5. The molecule has 8 heteroatoms. The minimum absolute atomic E-state index is 0.0563. The van der Waals surface area contributed by atoms with E-state index in [1.54, 1.807) is 65.8 Å². The van der Waals surface area contributed by atoms with Gasteiger partial charge in [-0.05, 0) is 77.4 Å². The molecule has 0 spiro atoms. The number of nitriles is 1. The zero-order chi connectivity index (χ0) is 28.1. The number of hydrogen-bond acceptors (Lipinski definition) is 5. The second-order valence-corrected chi connectivity index (χ2v) is 9.06. The highest BCUT2D eigenvalue weighted by Gasteiger charge is 2.27. The molecule has 0 aliphatic rings. The Balaban J connectivity index is 1.28. The molecule has 0 saturated heterocycles. The third kappa shape index (κ3) is 5.84. The van der Waals surface area contributed by atoms with E-state index in [9.17, 15) is 14.0 Å². The number of esters is 2. The van der Waals surface area contributed by atoms with Crippen LogP contribution in [0.5, 0.6) is 0 Å². The van der Waals surface area contributed by atoms with Gasteiger partial charge in [0.05, 0.1) is 25.2 Å². The topological polar surface area (TPSA) is 86.2 Å². The van der Waals surface area contributed by atoms with Crippen molar-refractivity contribution in [2.45, 2.75) is 12.5 Å². The maximum atomic E-state index is 13.2. The Kier molecular flexibility index (Phi) is 7.56. The third-order valence-corrected chi connectivity index (χ3v) is 6.42. The normalized spacial score (nSPS) is 11.4. The first kappa shape index (κ1) is 26.2. The van der Waals surface area contributed by atoms with Crippen LogP contribution in [0.25, 0.3) is 22.5 Å². The fourth-order valence-corrected chi connectivity index (χ4v) is 4.31. The molecule has 5 rings (SSSR count). The van der Waals surface area contributed by atoms with E-state index in [4.69, 9.17) is 14.7 Å². The molecule has 0 fully saturated rings. The lowest BCUT2D eigenvalue weighted by Crippen LogP contribution is -2.21. The first-order valence-corrected chi connectivity index (χ1v) is 12.4. The molecule has 5 aromatic rings. The predicted molar refractivity (Wildman–Crippen MR) is 146 cm³/mol. The van der Waals surface area contributed by atoms with Crippen molar-refractivity contribution in [1.29, 1.82) is 5.26 Å². The number of rotatable bonds is 8. The molecule has 2 aromatic heterocycles. The molecule has 3 aromatic carbocycles. The Bertz CT molecular complexity index is 1680. The Morgan fingerprint density at radius 3 is 2.02 bits per heavy atom. The molecule has 0 bridgehead atoms. The monoisotopic (exact) mass is 533 g/mol. The van der Waals surface area contributed by atoms with Crippen LogP contribution in [0.3, 0.4) is 0 Å². The van der Waals surface area contributed by atoms with Crippen LogP contribution in [-0.2, 0) is 25.5 Å². The van der Waals surface area contributed by atoms with Crippen molar-refractivity contribution in [2.75, 3.05) is 7.11 Å². The summed E-state index contributed by atoms with van der Waals surface area (Å²) in [6, 6.07) is 26.7. The van der Waals surface area contributed by atoms with E-state index in [0.29, 0.717) is 16.7 Å². The van der Waals surface area contributed by atoms with Gasteiger partial charge in [0, 0.05) is 41.7 Å². The minimum Gasteiger partial charge on any atom is -0.466 e. The highest BCUT2D eigenvalue weighted by molar-refractivity contribution is 5.81. The molecule has 198 valence electrons. The number of benzene rings is 3. The first-order chi connectivity index (χ1) is 19.4. The molecule has 7 nitrogen and oxygen atoms in total. The number of carbonyl (C=O) groups excluding carboxylic acids is 2. The molecule has 1 unspecified atom stereocenters. The van der Waals surface area contributed by atoms with Crippen LogP contribution >= 0.6 is 0 Å². The van der Waals surface area contributed by atoms with Crippen LogP contribution in [0.1, 0.15) is 22.8 Å². The molecular weight excluding hydrogens is 509 g/mol. The van der Waals surface area contributed by atoms with Gasteiger partial charge in [-0.3, -0.25) is 4.79 Å². The number of nitrogens with zero attached hydrogens (tertiary/aromatic N) is 3. The summed E-state index contributed by atoms with van der Waals surface area (Å²) >= 11 is 0. The van der Waals surface area contributed by atoms with Crippen LogP contribution in [0.4, 0.5) is 4.39 Å². The summed E-state index contributed by atoms with van der Waals surface area (Å²) < 4.78 is 27.3. The Morgan fingerprint density at radius 1 is 0.825 bits per heavy atom. The van der Waals surface area contributed by atoms with Crippen LogP contribution in [0, 0.1) is 17.1 Å². The Morgan fingerprint density at radius 2 is 1.40 bits per heavy atom. The standard InChI is InChI=1S/C32H24FN3O4/c1-39-32(38)31(40-30(37)18-23-14-16-35(20-23)29-12-8-27(33)9-13-29)26-15-17-36(21-26)28-10-6-25(7-11-28)24-4-2-22(19-34)3-5-24/h2-17,20-21,31H,18H2,1H3. The van der Waals surface area contributed by atoms with Crippen molar-refractivity contribution < 1.29 is 23.5 Å². The number of aromatic nitrogens is 2. The second kappa shape index (κ2) is 11.5. The van der Waals surface area contributed by atoms with Gasteiger partial charge in [0.1, 0.15) is 5.82 Å². The van der Waals surface area contributed by atoms with Crippen LogP contribution in [-0.4, -0.2) is 28.2 Å². The Labute approximate surface area is 230 Å². The number of ether oxygens (including phenoxy) is 2. The van der Waals surface area contributed by atoms with Crippen molar-refractivity contribution >= 4 is 11.9 Å². The zero-order valence-electron chi connectivity index (χ0n) is 21.5. The lowest BCUT2D eigenvalue weighted by atomic mass is 10.0. The predicted octanol–water partition coefficient (Wildman–Crippen LogP) is 5.95. The minimum atomic E-state index is -1.23. The number of methoxy groups -OCH3 is 1. The van der Waals surface area contributed by atoms with Crippen molar-refractivity contribution in [1.82, 2.24) is 9.13 Å². The van der Waals surface area contributed by atoms with Gasteiger partial charge in [-0.1, -0.05) is 24.3 Å². The largest absolute Gasteiger partial charge is 0.466 e. The molecular formula is C32H24FN3O4. The van der Waals surface area contributed by atoms with Crippen LogP contribution in [0.2, 0.25) is 0 Å². The van der Waals surface area contributed by atoms with Gasteiger partial charge >= 0.3 is 11.9 Å². The first-order valence-electron chi connectivity index (χ1n) is 12.4. The average Bonchev–Trinajstić information content (AvgIpc) is 3.66. The maximum Gasteiger partial charge on any atom is 0.352 e. The summed E-state index contributed by atoms with van der Waals surface area (Å²) in [5.74, 6) is -1.61. The summed E-state index contributed by atoms with van der Waals surface area (Å²) in [4.78, 5) is 25.3. The molecule has 0 N–H and O–H groups in total. The summed E-state index contributed by atoms with van der Waals surface area (Å²) in [5, 5.41) is 8.99. The SMILES string of the molecule is COC(=O)C(OC(=O)Cc1ccn(-c2ccc(F)cc2)c1)c1ccn(-c2ccc(-c3ccc(C#N)cc3)cc2)c1. The average molecular weight is 534 g/mol. The lowest BCUT2D eigenvalue weighted by molar-refractivity contribution is -0.166. The summed E-state index contributed by atoms with van der Waals surface area (Å²) in [7, 11) is 1.24. The van der Waals surface area contributed by atoms with E-state index in [2.05, 4.69) is 6.07 Å². The summed E-state index contributed by atoms with van der Waals surface area (Å²) in [5.41, 5.74) is 5.34. The summed E-state index contributed by atoms with van der Waals surface area (Å²) in [6.45, 7) is 0. The molecule has 0 amide bonds. The lowest BCUT2D eigenvalue weighted by Gasteiger charge is -2.14. The smallest absolute Gasteiger partial charge is 0.352 e. The molecule has 0 radical (unpaired) electrons. The molecule has 0 aliphatic heterocycles. The second-order valence-electron chi connectivity index (χ2n) is 9.06.